The van der Waals surface area contributed by atoms with Crippen LogP contribution in [0.3, 0.4) is 0 Å². The van der Waals surface area contributed by atoms with Crippen molar-refractivity contribution in [3.8, 4) is 34.5 Å². The fourth-order valence-electron chi connectivity index (χ4n) is 3.66. The standard InChI is InChI=1S/C32H34O6S/c1-3-5-23-35-25-7-11-27(12-8-25)37-29-15-19-31(20-16-29)39(33,34)32-21-17-30(18-22-32)38-28-13-9-26(10-14-28)36-24-6-4-2/h7-22H,3-6,23-24H2,1-2H3. The lowest BCUT2D eigenvalue weighted by Crippen LogP contribution is -2.02. The van der Waals surface area contributed by atoms with Gasteiger partial charge in [0, 0.05) is 0 Å². The molecule has 0 saturated carbocycles. The second kappa shape index (κ2) is 13.7. The molecule has 0 spiro atoms. The molecule has 0 aliphatic carbocycles. The Morgan fingerprint density at radius 3 is 1.05 bits per heavy atom. The Morgan fingerprint density at radius 2 is 0.744 bits per heavy atom. The van der Waals surface area contributed by atoms with Gasteiger partial charge in [-0.1, -0.05) is 26.7 Å². The minimum atomic E-state index is -3.70. The molecule has 0 N–H and O–H groups in total. The first-order valence-corrected chi connectivity index (χ1v) is 14.7. The molecule has 4 aromatic carbocycles. The van der Waals surface area contributed by atoms with Crippen LogP contribution >= 0.6 is 0 Å². The molecular weight excluding hydrogens is 512 g/mol. The van der Waals surface area contributed by atoms with Gasteiger partial charge in [0.2, 0.25) is 9.84 Å². The first-order chi connectivity index (χ1) is 19.0. The van der Waals surface area contributed by atoms with Crippen LogP contribution in [0.25, 0.3) is 0 Å². The van der Waals surface area contributed by atoms with Gasteiger partial charge in [-0.25, -0.2) is 8.42 Å². The van der Waals surface area contributed by atoms with Gasteiger partial charge in [0.15, 0.2) is 0 Å². The number of ether oxygens (including phenoxy) is 4. The third-order valence-electron chi connectivity index (χ3n) is 5.92. The molecule has 0 aromatic heterocycles. The van der Waals surface area contributed by atoms with Crippen molar-refractivity contribution in [2.45, 2.75) is 49.3 Å². The molecule has 0 bridgehead atoms. The molecule has 4 rings (SSSR count). The number of unbranched alkanes of at least 4 members (excludes halogenated alkanes) is 2. The fourth-order valence-corrected chi connectivity index (χ4v) is 4.92. The zero-order valence-electron chi connectivity index (χ0n) is 22.3. The average Bonchev–Trinajstić information content (AvgIpc) is 2.96. The molecule has 39 heavy (non-hydrogen) atoms. The fraction of sp³-hybridized carbons (Fsp3) is 0.250. The lowest BCUT2D eigenvalue weighted by atomic mass is 10.3. The number of benzene rings is 4. The molecule has 0 fully saturated rings. The van der Waals surface area contributed by atoms with Gasteiger partial charge < -0.3 is 18.9 Å². The third-order valence-corrected chi connectivity index (χ3v) is 7.71. The molecule has 0 atom stereocenters. The maximum atomic E-state index is 13.2. The minimum Gasteiger partial charge on any atom is -0.494 e. The van der Waals surface area contributed by atoms with Crippen molar-refractivity contribution in [3.05, 3.63) is 97.1 Å². The largest absolute Gasteiger partial charge is 0.494 e. The molecule has 0 aliphatic heterocycles. The Balaban J connectivity index is 1.35. The highest BCUT2D eigenvalue weighted by molar-refractivity contribution is 7.91. The van der Waals surface area contributed by atoms with E-state index in [2.05, 4.69) is 13.8 Å². The van der Waals surface area contributed by atoms with Crippen LogP contribution in [0.15, 0.2) is 107 Å². The van der Waals surface area contributed by atoms with Gasteiger partial charge in [0.25, 0.3) is 0 Å². The van der Waals surface area contributed by atoms with Crippen molar-refractivity contribution in [2.24, 2.45) is 0 Å². The zero-order valence-corrected chi connectivity index (χ0v) is 23.2. The highest BCUT2D eigenvalue weighted by Gasteiger charge is 2.18. The first kappa shape index (κ1) is 28.0. The predicted molar refractivity (Wildman–Crippen MR) is 152 cm³/mol. The van der Waals surface area contributed by atoms with Crippen LogP contribution in [0.5, 0.6) is 34.5 Å². The summed E-state index contributed by atoms with van der Waals surface area (Å²) < 4.78 is 49.4. The zero-order chi connectivity index (χ0) is 27.5. The Kier molecular flexibility index (Phi) is 9.86. The lowest BCUT2D eigenvalue weighted by molar-refractivity contribution is 0.309. The van der Waals surface area contributed by atoms with Gasteiger partial charge in [-0.2, -0.15) is 0 Å². The molecule has 0 saturated heterocycles. The van der Waals surface area contributed by atoms with E-state index in [1.807, 2.05) is 48.5 Å². The number of hydrogen-bond donors (Lipinski definition) is 0. The monoisotopic (exact) mass is 546 g/mol. The smallest absolute Gasteiger partial charge is 0.206 e. The highest BCUT2D eigenvalue weighted by atomic mass is 32.2. The summed E-state index contributed by atoms with van der Waals surface area (Å²) in [6.45, 7) is 5.61. The molecule has 7 heteroatoms. The molecule has 0 unspecified atom stereocenters. The Labute approximate surface area is 231 Å². The van der Waals surface area contributed by atoms with E-state index >= 15 is 0 Å². The molecule has 0 aliphatic rings. The molecule has 0 heterocycles. The highest BCUT2D eigenvalue weighted by Crippen LogP contribution is 2.29. The van der Waals surface area contributed by atoms with E-state index in [1.165, 1.54) is 0 Å². The summed E-state index contributed by atoms with van der Waals surface area (Å²) in [5.41, 5.74) is 0. The lowest BCUT2D eigenvalue weighted by Gasteiger charge is -2.10. The van der Waals surface area contributed by atoms with Crippen molar-refractivity contribution in [2.75, 3.05) is 13.2 Å². The average molecular weight is 547 g/mol. The summed E-state index contributed by atoms with van der Waals surface area (Å²) >= 11 is 0. The van der Waals surface area contributed by atoms with Gasteiger partial charge >= 0.3 is 0 Å². The summed E-state index contributed by atoms with van der Waals surface area (Å²) in [5, 5.41) is 0. The normalized spacial score (nSPS) is 11.1. The van der Waals surface area contributed by atoms with E-state index in [4.69, 9.17) is 18.9 Å². The van der Waals surface area contributed by atoms with Gasteiger partial charge in [0.05, 0.1) is 23.0 Å². The maximum absolute atomic E-state index is 13.2. The van der Waals surface area contributed by atoms with E-state index < -0.39 is 9.84 Å². The van der Waals surface area contributed by atoms with Gasteiger partial charge in [0.1, 0.15) is 34.5 Å². The third kappa shape index (κ3) is 8.01. The van der Waals surface area contributed by atoms with Crippen LogP contribution in [0.2, 0.25) is 0 Å². The van der Waals surface area contributed by atoms with Crippen molar-refractivity contribution >= 4 is 9.84 Å². The summed E-state index contributed by atoms with van der Waals surface area (Å²) in [5.74, 6) is 3.95. The number of rotatable bonds is 14. The number of hydrogen-bond acceptors (Lipinski definition) is 6. The SMILES string of the molecule is CCCCOc1ccc(Oc2ccc(S(=O)(=O)c3ccc(Oc4ccc(OCCCC)cc4)cc3)cc2)cc1. The van der Waals surface area contributed by atoms with Crippen LogP contribution in [0.1, 0.15) is 39.5 Å². The van der Waals surface area contributed by atoms with Crippen LogP contribution in [0, 0.1) is 0 Å². The Bertz CT molecular complexity index is 1290. The minimum absolute atomic E-state index is 0.182. The molecule has 6 nitrogen and oxygen atoms in total. The Morgan fingerprint density at radius 1 is 0.462 bits per heavy atom. The van der Waals surface area contributed by atoms with E-state index in [1.54, 1.807) is 48.5 Å². The van der Waals surface area contributed by atoms with E-state index in [0.29, 0.717) is 36.2 Å². The number of sulfone groups is 1. The summed E-state index contributed by atoms with van der Waals surface area (Å²) in [6, 6.07) is 27.5. The summed E-state index contributed by atoms with van der Waals surface area (Å²) in [7, 11) is -3.70. The molecular formula is C32H34O6S. The second-order valence-corrected chi connectivity index (χ2v) is 10.9. The van der Waals surface area contributed by atoms with Crippen molar-refractivity contribution in [1.82, 2.24) is 0 Å². The molecule has 204 valence electrons. The molecule has 4 aromatic rings. The first-order valence-electron chi connectivity index (χ1n) is 13.2. The second-order valence-electron chi connectivity index (χ2n) is 9.00. The van der Waals surface area contributed by atoms with Gasteiger partial charge in [-0.05, 0) is 110 Å². The maximum Gasteiger partial charge on any atom is 0.206 e. The van der Waals surface area contributed by atoms with Crippen LogP contribution in [-0.4, -0.2) is 21.6 Å². The van der Waals surface area contributed by atoms with Crippen molar-refractivity contribution < 1.29 is 27.4 Å². The van der Waals surface area contributed by atoms with Crippen molar-refractivity contribution in [3.63, 3.8) is 0 Å². The van der Waals surface area contributed by atoms with Crippen LogP contribution in [0.4, 0.5) is 0 Å². The molecule has 0 amide bonds. The van der Waals surface area contributed by atoms with E-state index in [0.717, 1.165) is 37.2 Å². The van der Waals surface area contributed by atoms with Crippen molar-refractivity contribution in [1.29, 1.82) is 0 Å². The molecule has 0 radical (unpaired) electrons. The quantitative estimate of drug-likeness (QED) is 0.148. The Hall–Kier alpha value is -3.97. The van der Waals surface area contributed by atoms with Gasteiger partial charge in [-0.15, -0.1) is 0 Å². The van der Waals surface area contributed by atoms with Crippen LogP contribution in [-0.2, 0) is 9.84 Å². The summed E-state index contributed by atoms with van der Waals surface area (Å²) in [4.78, 5) is 0.365. The van der Waals surface area contributed by atoms with Gasteiger partial charge in [-0.3, -0.25) is 0 Å². The van der Waals surface area contributed by atoms with Crippen LogP contribution < -0.4 is 18.9 Å². The predicted octanol–water partition coefficient (Wildman–Crippen LogP) is 8.46. The van der Waals surface area contributed by atoms with E-state index in [-0.39, 0.29) is 9.79 Å². The topological polar surface area (TPSA) is 71.1 Å². The van der Waals surface area contributed by atoms with E-state index in [9.17, 15) is 8.42 Å². The summed E-state index contributed by atoms with van der Waals surface area (Å²) in [6.07, 6.45) is 4.18.